The molecule has 0 amide bonds. The Balaban J connectivity index is 1.82. The maximum atomic E-state index is 9.98. The minimum atomic E-state index is -0.320. The van der Waals surface area contributed by atoms with Crippen LogP contribution < -0.4 is 0 Å². The number of benzene rings is 1. The summed E-state index contributed by atoms with van der Waals surface area (Å²) in [5.41, 5.74) is 2.32. The Labute approximate surface area is 112 Å². The van der Waals surface area contributed by atoms with Gasteiger partial charge in [-0.2, -0.15) is 0 Å². The number of pyridine rings is 1. The van der Waals surface area contributed by atoms with Crippen molar-refractivity contribution in [1.82, 2.24) is 4.98 Å². The van der Waals surface area contributed by atoms with E-state index >= 15 is 0 Å². The lowest BCUT2D eigenvalue weighted by atomic mass is 10.0. The molecule has 18 heavy (non-hydrogen) atoms. The van der Waals surface area contributed by atoms with Crippen LogP contribution in [0.3, 0.4) is 0 Å². The lowest BCUT2D eigenvalue weighted by Gasteiger charge is -2.10. The van der Waals surface area contributed by atoms with Crippen LogP contribution in [-0.4, -0.2) is 16.2 Å². The highest BCUT2D eigenvalue weighted by molar-refractivity contribution is 6.30. The molecule has 0 aliphatic heterocycles. The van der Waals surface area contributed by atoms with Gasteiger partial charge in [-0.1, -0.05) is 23.7 Å². The summed E-state index contributed by atoms with van der Waals surface area (Å²) in [5, 5.41) is 10.7. The van der Waals surface area contributed by atoms with Crippen LogP contribution >= 0.6 is 11.6 Å². The lowest BCUT2D eigenvalue weighted by Crippen LogP contribution is -2.11. The van der Waals surface area contributed by atoms with E-state index in [1.54, 1.807) is 12.4 Å². The summed E-state index contributed by atoms with van der Waals surface area (Å²) in [5.74, 6) is 0. The summed E-state index contributed by atoms with van der Waals surface area (Å²) in [6.07, 6.45) is 5.54. The third kappa shape index (κ3) is 4.13. The number of aliphatic hydroxyl groups excluding tert-OH is 1. The molecule has 0 aliphatic rings. The van der Waals surface area contributed by atoms with Crippen molar-refractivity contribution in [1.29, 1.82) is 0 Å². The van der Waals surface area contributed by atoms with E-state index in [2.05, 4.69) is 4.98 Å². The summed E-state index contributed by atoms with van der Waals surface area (Å²) in [4.78, 5) is 3.97. The fourth-order valence-corrected chi connectivity index (χ4v) is 2.00. The highest BCUT2D eigenvalue weighted by atomic mass is 35.5. The van der Waals surface area contributed by atoms with Gasteiger partial charge in [0.25, 0.3) is 0 Å². The van der Waals surface area contributed by atoms with Gasteiger partial charge in [-0.05, 0) is 54.7 Å². The van der Waals surface area contributed by atoms with Gasteiger partial charge in [0.1, 0.15) is 0 Å². The molecule has 3 heteroatoms. The zero-order chi connectivity index (χ0) is 12.8. The number of hydrogen-bond acceptors (Lipinski definition) is 2. The van der Waals surface area contributed by atoms with E-state index in [9.17, 15) is 5.11 Å². The van der Waals surface area contributed by atoms with Crippen LogP contribution in [0.25, 0.3) is 0 Å². The van der Waals surface area contributed by atoms with E-state index < -0.39 is 0 Å². The largest absolute Gasteiger partial charge is 0.393 e. The molecule has 0 aliphatic carbocycles. The predicted octanol–water partition coefficient (Wildman–Crippen LogP) is 3.27. The molecule has 2 rings (SSSR count). The van der Waals surface area contributed by atoms with Gasteiger partial charge in [-0.25, -0.2) is 0 Å². The SMILES string of the molecule is OC(CCc1ccncc1)Cc1ccc(Cl)cc1. The van der Waals surface area contributed by atoms with Gasteiger partial charge in [-0.15, -0.1) is 0 Å². The first kappa shape index (κ1) is 13.1. The standard InChI is InChI=1S/C15H16ClNO/c16-14-4-1-13(2-5-14)11-15(18)6-3-12-7-9-17-10-8-12/h1-2,4-5,7-10,15,18H,3,6,11H2. The monoisotopic (exact) mass is 261 g/mol. The van der Waals surface area contributed by atoms with E-state index in [4.69, 9.17) is 11.6 Å². The zero-order valence-corrected chi connectivity index (χ0v) is 10.8. The summed E-state index contributed by atoms with van der Waals surface area (Å²) >= 11 is 5.82. The van der Waals surface area contributed by atoms with Crippen LogP contribution in [0.2, 0.25) is 5.02 Å². The fourth-order valence-electron chi connectivity index (χ4n) is 1.88. The molecule has 1 unspecified atom stereocenters. The predicted molar refractivity (Wildman–Crippen MR) is 73.7 cm³/mol. The molecular formula is C15H16ClNO. The van der Waals surface area contributed by atoms with Crippen molar-refractivity contribution in [2.75, 3.05) is 0 Å². The molecule has 1 aromatic carbocycles. The average molecular weight is 262 g/mol. The second-order valence-corrected chi connectivity index (χ2v) is 4.81. The quantitative estimate of drug-likeness (QED) is 0.896. The minimum Gasteiger partial charge on any atom is -0.393 e. The summed E-state index contributed by atoms with van der Waals surface area (Å²) in [6.45, 7) is 0. The Kier molecular flexibility index (Phi) is 4.73. The highest BCUT2D eigenvalue weighted by Crippen LogP contribution is 2.13. The Morgan fingerprint density at radius 1 is 1.00 bits per heavy atom. The molecule has 2 aromatic rings. The van der Waals surface area contributed by atoms with E-state index in [0.717, 1.165) is 23.4 Å². The number of halogens is 1. The number of aliphatic hydroxyl groups is 1. The highest BCUT2D eigenvalue weighted by Gasteiger charge is 2.06. The van der Waals surface area contributed by atoms with Gasteiger partial charge < -0.3 is 5.11 Å². The van der Waals surface area contributed by atoms with Crippen LogP contribution in [0.15, 0.2) is 48.8 Å². The first-order chi connectivity index (χ1) is 8.74. The number of hydrogen-bond donors (Lipinski definition) is 1. The zero-order valence-electron chi connectivity index (χ0n) is 10.1. The van der Waals surface area contributed by atoms with Crippen LogP contribution in [-0.2, 0) is 12.8 Å². The molecule has 0 spiro atoms. The Morgan fingerprint density at radius 2 is 1.67 bits per heavy atom. The van der Waals surface area contributed by atoms with Gasteiger partial charge in [0, 0.05) is 17.4 Å². The fraction of sp³-hybridized carbons (Fsp3) is 0.267. The Bertz CT molecular complexity index is 470. The number of aryl methyl sites for hydroxylation is 1. The van der Waals surface area contributed by atoms with Gasteiger partial charge >= 0.3 is 0 Å². The van der Waals surface area contributed by atoms with E-state index in [1.165, 1.54) is 5.56 Å². The molecule has 0 radical (unpaired) electrons. The van der Waals surface area contributed by atoms with Crippen molar-refractivity contribution in [2.24, 2.45) is 0 Å². The Morgan fingerprint density at radius 3 is 2.33 bits per heavy atom. The Hall–Kier alpha value is -1.38. The first-order valence-electron chi connectivity index (χ1n) is 6.05. The molecule has 2 nitrogen and oxygen atoms in total. The number of rotatable bonds is 5. The van der Waals surface area contributed by atoms with E-state index in [1.807, 2.05) is 36.4 Å². The molecule has 1 N–H and O–H groups in total. The molecule has 0 saturated carbocycles. The average Bonchev–Trinajstić information content (AvgIpc) is 2.40. The molecule has 1 atom stereocenters. The van der Waals surface area contributed by atoms with Crippen molar-refractivity contribution in [2.45, 2.75) is 25.4 Å². The normalized spacial score (nSPS) is 12.3. The molecule has 0 fully saturated rings. The molecule has 0 bridgehead atoms. The third-order valence-corrected chi connectivity index (χ3v) is 3.15. The molecule has 94 valence electrons. The van der Waals surface area contributed by atoms with Crippen LogP contribution in [0.1, 0.15) is 17.5 Å². The topological polar surface area (TPSA) is 33.1 Å². The van der Waals surface area contributed by atoms with Gasteiger partial charge in [-0.3, -0.25) is 4.98 Å². The van der Waals surface area contributed by atoms with Crippen LogP contribution in [0.5, 0.6) is 0 Å². The van der Waals surface area contributed by atoms with Crippen molar-refractivity contribution < 1.29 is 5.11 Å². The first-order valence-corrected chi connectivity index (χ1v) is 6.43. The maximum Gasteiger partial charge on any atom is 0.0583 e. The smallest absolute Gasteiger partial charge is 0.0583 e. The van der Waals surface area contributed by atoms with Crippen molar-refractivity contribution in [3.05, 3.63) is 64.9 Å². The maximum absolute atomic E-state index is 9.98. The van der Waals surface area contributed by atoms with Crippen LogP contribution in [0, 0.1) is 0 Å². The molecule has 0 saturated heterocycles. The second kappa shape index (κ2) is 6.53. The summed E-state index contributed by atoms with van der Waals surface area (Å²) in [7, 11) is 0. The third-order valence-electron chi connectivity index (χ3n) is 2.90. The second-order valence-electron chi connectivity index (χ2n) is 4.38. The number of nitrogens with zero attached hydrogens (tertiary/aromatic N) is 1. The van der Waals surface area contributed by atoms with Gasteiger partial charge in [0.2, 0.25) is 0 Å². The van der Waals surface area contributed by atoms with Gasteiger partial charge in [0.15, 0.2) is 0 Å². The molecule has 1 aromatic heterocycles. The molecule has 1 heterocycles. The van der Waals surface area contributed by atoms with Crippen LogP contribution in [0.4, 0.5) is 0 Å². The van der Waals surface area contributed by atoms with Gasteiger partial charge in [0.05, 0.1) is 6.10 Å². The van der Waals surface area contributed by atoms with E-state index in [0.29, 0.717) is 6.42 Å². The number of aromatic nitrogens is 1. The molecular weight excluding hydrogens is 246 g/mol. The summed E-state index contributed by atoms with van der Waals surface area (Å²) in [6, 6.07) is 11.6. The summed E-state index contributed by atoms with van der Waals surface area (Å²) < 4.78 is 0. The van der Waals surface area contributed by atoms with Crippen molar-refractivity contribution in [3.8, 4) is 0 Å². The van der Waals surface area contributed by atoms with Crippen molar-refractivity contribution >= 4 is 11.6 Å². The lowest BCUT2D eigenvalue weighted by molar-refractivity contribution is 0.165. The van der Waals surface area contributed by atoms with Crippen molar-refractivity contribution in [3.63, 3.8) is 0 Å². The minimum absolute atomic E-state index is 0.320. The van der Waals surface area contributed by atoms with E-state index in [-0.39, 0.29) is 6.10 Å².